The Morgan fingerprint density at radius 1 is 1.13 bits per heavy atom. The molecule has 0 aliphatic carbocycles. The molecule has 0 bridgehead atoms. The van der Waals surface area contributed by atoms with Crippen molar-refractivity contribution < 1.29 is 17.6 Å². The van der Waals surface area contributed by atoms with Gasteiger partial charge in [-0.1, -0.05) is 18.2 Å². The number of sulfonamides is 1. The van der Waals surface area contributed by atoms with Crippen LogP contribution in [0.15, 0.2) is 59.6 Å². The van der Waals surface area contributed by atoms with Gasteiger partial charge in [-0.3, -0.25) is 4.79 Å². The lowest BCUT2D eigenvalue weighted by molar-refractivity contribution is -0.123. The van der Waals surface area contributed by atoms with E-state index < -0.39 is 16.1 Å². The number of halogens is 1. The zero-order valence-corrected chi connectivity index (χ0v) is 17.5. The van der Waals surface area contributed by atoms with Gasteiger partial charge < -0.3 is 9.88 Å². The maximum Gasteiger partial charge on any atom is 0.243 e. The molecule has 158 valence electrons. The number of amides is 1. The summed E-state index contributed by atoms with van der Waals surface area (Å²) >= 11 is 0. The maximum absolute atomic E-state index is 13.8. The predicted molar refractivity (Wildman–Crippen MR) is 113 cm³/mol. The topological polar surface area (TPSA) is 71.4 Å². The van der Waals surface area contributed by atoms with Gasteiger partial charge in [0.2, 0.25) is 15.9 Å². The third-order valence-electron chi connectivity index (χ3n) is 5.60. The molecule has 1 saturated heterocycles. The van der Waals surface area contributed by atoms with Crippen molar-refractivity contribution in [1.29, 1.82) is 0 Å². The first-order chi connectivity index (χ1) is 14.4. The second-order valence-electron chi connectivity index (χ2n) is 7.54. The number of nitrogens with zero attached hydrogens (tertiary/aromatic N) is 2. The summed E-state index contributed by atoms with van der Waals surface area (Å²) < 4.78 is 42.7. The van der Waals surface area contributed by atoms with Crippen LogP contribution in [0.5, 0.6) is 0 Å². The minimum absolute atomic E-state index is 0.104. The lowest BCUT2D eigenvalue weighted by atomic mass is 10.2. The molecule has 6 nitrogen and oxygen atoms in total. The monoisotopic (exact) mass is 429 g/mol. The summed E-state index contributed by atoms with van der Waals surface area (Å²) in [6.45, 7) is 2.97. The molecule has 0 spiro atoms. The Morgan fingerprint density at radius 2 is 1.87 bits per heavy atom. The van der Waals surface area contributed by atoms with Gasteiger partial charge in [-0.25, -0.2) is 12.8 Å². The van der Waals surface area contributed by atoms with Crippen molar-refractivity contribution in [2.75, 3.05) is 13.1 Å². The van der Waals surface area contributed by atoms with Crippen molar-refractivity contribution in [3.8, 4) is 0 Å². The van der Waals surface area contributed by atoms with Gasteiger partial charge in [0.25, 0.3) is 0 Å². The van der Waals surface area contributed by atoms with Gasteiger partial charge in [0, 0.05) is 42.3 Å². The van der Waals surface area contributed by atoms with E-state index >= 15 is 0 Å². The van der Waals surface area contributed by atoms with E-state index in [1.54, 1.807) is 60.2 Å². The zero-order chi connectivity index (χ0) is 21.3. The van der Waals surface area contributed by atoms with Gasteiger partial charge in [-0.2, -0.15) is 4.31 Å². The second kappa shape index (κ2) is 8.20. The van der Waals surface area contributed by atoms with Gasteiger partial charge in [0.05, 0.1) is 4.90 Å². The lowest BCUT2D eigenvalue weighted by Crippen LogP contribution is -2.30. The van der Waals surface area contributed by atoms with Crippen LogP contribution in [0.3, 0.4) is 0 Å². The molecule has 3 aromatic rings. The second-order valence-corrected chi connectivity index (χ2v) is 9.48. The van der Waals surface area contributed by atoms with Crippen LogP contribution in [0.1, 0.15) is 31.4 Å². The van der Waals surface area contributed by atoms with E-state index in [1.807, 2.05) is 0 Å². The van der Waals surface area contributed by atoms with Gasteiger partial charge in [0.15, 0.2) is 0 Å². The van der Waals surface area contributed by atoms with E-state index in [-0.39, 0.29) is 23.2 Å². The number of nitrogens with one attached hydrogen (secondary N) is 1. The van der Waals surface area contributed by atoms with Crippen LogP contribution in [0, 0.1) is 5.82 Å². The first-order valence-electron chi connectivity index (χ1n) is 10.00. The summed E-state index contributed by atoms with van der Waals surface area (Å²) in [5.41, 5.74) is 1.19. The molecular weight excluding hydrogens is 405 g/mol. The van der Waals surface area contributed by atoms with Crippen molar-refractivity contribution in [3.63, 3.8) is 0 Å². The molecular formula is C22H24FN3O3S. The van der Waals surface area contributed by atoms with Crippen molar-refractivity contribution >= 4 is 26.8 Å². The summed E-state index contributed by atoms with van der Waals surface area (Å²) in [5.74, 6) is -0.604. The van der Waals surface area contributed by atoms with Crippen LogP contribution in [0.25, 0.3) is 10.9 Å². The Morgan fingerprint density at radius 3 is 2.60 bits per heavy atom. The molecule has 0 radical (unpaired) electrons. The van der Waals surface area contributed by atoms with E-state index in [0.717, 1.165) is 23.7 Å². The number of hydrogen-bond acceptors (Lipinski definition) is 3. The fourth-order valence-electron chi connectivity index (χ4n) is 3.82. The van der Waals surface area contributed by atoms with Crippen LogP contribution in [0.4, 0.5) is 4.39 Å². The summed E-state index contributed by atoms with van der Waals surface area (Å²) in [6.07, 6.45) is 3.54. The summed E-state index contributed by atoms with van der Waals surface area (Å²) in [7, 11) is -3.49. The molecule has 0 unspecified atom stereocenters. The molecule has 30 heavy (non-hydrogen) atoms. The maximum atomic E-state index is 13.8. The number of hydrogen-bond donors (Lipinski definition) is 1. The number of rotatable bonds is 6. The molecule has 1 amide bonds. The third kappa shape index (κ3) is 3.85. The number of benzene rings is 2. The normalized spacial score (nSPS) is 16.1. The van der Waals surface area contributed by atoms with Crippen LogP contribution in [-0.4, -0.2) is 36.3 Å². The fraction of sp³-hybridized carbons (Fsp3) is 0.318. The highest BCUT2D eigenvalue weighted by molar-refractivity contribution is 7.89. The number of carbonyl (C=O) groups is 1. The summed E-state index contributed by atoms with van der Waals surface area (Å²) in [5, 5.41) is 3.52. The first kappa shape index (κ1) is 20.6. The minimum Gasteiger partial charge on any atom is -0.350 e. The molecule has 8 heteroatoms. The molecule has 1 aromatic heterocycles. The van der Waals surface area contributed by atoms with Crippen molar-refractivity contribution in [3.05, 3.63) is 66.1 Å². The Kier molecular flexibility index (Phi) is 5.62. The highest BCUT2D eigenvalue weighted by Gasteiger charge is 2.27. The number of aromatic nitrogens is 1. The Balaban J connectivity index is 1.53. The molecule has 1 aliphatic rings. The Hall–Kier alpha value is -2.71. The van der Waals surface area contributed by atoms with Gasteiger partial charge >= 0.3 is 0 Å². The quantitative estimate of drug-likeness (QED) is 0.653. The highest BCUT2D eigenvalue weighted by Crippen LogP contribution is 2.27. The molecule has 0 saturated carbocycles. The van der Waals surface area contributed by atoms with Gasteiger partial charge in [0.1, 0.15) is 11.9 Å². The SMILES string of the molecule is C[C@@H](C(=O)NCc1ccccc1F)n1ccc2cc(S(=O)(=O)N3CCCC3)ccc21. The van der Waals surface area contributed by atoms with E-state index in [0.29, 0.717) is 18.7 Å². The van der Waals surface area contributed by atoms with Crippen molar-refractivity contribution in [2.45, 2.75) is 37.2 Å². The molecule has 1 N–H and O–H groups in total. The Bertz CT molecular complexity index is 1180. The number of fused-ring (bicyclic) bond motifs is 1. The standard InChI is InChI=1S/C22H24FN3O3S/c1-16(22(27)24-15-18-6-2-3-7-20(18)23)26-13-10-17-14-19(8-9-21(17)26)30(28,29)25-11-4-5-12-25/h2-3,6-10,13-14,16H,4-5,11-12,15H2,1H3,(H,24,27)/t16-/m0/s1. The van der Waals surface area contributed by atoms with E-state index in [2.05, 4.69) is 5.32 Å². The lowest BCUT2D eigenvalue weighted by Gasteiger charge is -2.17. The van der Waals surface area contributed by atoms with E-state index in [9.17, 15) is 17.6 Å². The highest BCUT2D eigenvalue weighted by atomic mass is 32.2. The summed E-state index contributed by atoms with van der Waals surface area (Å²) in [6, 6.07) is 12.6. The third-order valence-corrected chi connectivity index (χ3v) is 7.50. The number of carbonyl (C=O) groups excluding carboxylic acids is 1. The summed E-state index contributed by atoms with van der Waals surface area (Å²) in [4.78, 5) is 12.9. The first-order valence-corrected chi connectivity index (χ1v) is 11.4. The van der Waals surface area contributed by atoms with Crippen molar-refractivity contribution in [1.82, 2.24) is 14.2 Å². The molecule has 1 atom stereocenters. The molecule has 2 aromatic carbocycles. The average Bonchev–Trinajstić information content (AvgIpc) is 3.42. The minimum atomic E-state index is -3.49. The average molecular weight is 430 g/mol. The molecule has 2 heterocycles. The van der Waals surface area contributed by atoms with Gasteiger partial charge in [-0.15, -0.1) is 0 Å². The molecule has 1 fully saturated rings. The van der Waals surface area contributed by atoms with E-state index in [1.165, 1.54) is 10.4 Å². The van der Waals surface area contributed by atoms with Crippen LogP contribution >= 0.6 is 0 Å². The van der Waals surface area contributed by atoms with E-state index in [4.69, 9.17) is 0 Å². The molecule has 1 aliphatic heterocycles. The zero-order valence-electron chi connectivity index (χ0n) is 16.7. The fourth-order valence-corrected chi connectivity index (χ4v) is 5.37. The smallest absolute Gasteiger partial charge is 0.243 e. The van der Waals surface area contributed by atoms with Crippen LogP contribution in [0.2, 0.25) is 0 Å². The van der Waals surface area contributed by atoms with Crippen molar-refractivity contribution in [2.24, 2.45) is 0 Å². The molecule has 4 rings (SSSR count). The van der Waals surface area contributed by atoms with Crippen LogP contribution in [-0.2, 0) is 21.4 Å². The largest absolute Gasteiger partial charge is 0.350 e. The predicted octanol–water partition coefficient (Wildman–Crippen LogP) is 3.44. The Labute approximate surface area is 175 Å². The van der Waals surface area contributed by atoms with Crippen LogP contribution < -0.4 is 5.32 Å². The van der Waals surface area contributed by atoms with Gasteiger partial charge in [-0.05, 0) is 50.1 Å².